The molecule has 0 heterocycles. The first-order chi connectivity index (χ1) is 8.59. The molecule has 110 valence electrons. The zero-order chi connectivity index (χ0) is 14.0. The van der Waals surface area contributed by atoms with Crippen molar-refractivity contribution in [1.29, 1.82) is 0 Å². The normalized spacial score (nSPS) is 14.2. The maximum Gasteiger partial charge on any atom is 0.501 e. The fraction of sp³-hybridized carbons (Fsp3) is 1.00. The largest absolute Gasteiger partial charge is 0.501 e. The molecule has 0 amide bonds. The summed E-state index contributed by atoms with van der Waals surface area (Å²) in [5.74, 6) is 1.33. The lowest BCUT2D eigenvalue weighted by molar-refractivity contribution is 0.0646. The highest BCUT2D eigenvalue weighted by Gasteiger charge is 2.42. The van der Waals surface area contributed by atoms with Crippen molar-refractivity contribution in [3.8, 4) is 0 Å². The fourth-order valence-corrected chi connectivity index (χ4v) is 5.66. The van der Waals surface area contributed by atoms with Gasteiger partial charge in [0.05, 0.1) is 0 Å². The van der Waals surface area contributed by atoms with E-state index in [-0.39, 0.29) is 0 Å². The lowest BCUT2D eigenvalue weighted by Crippen LogP contribution is -2.47. The Labute approximate surface area is 115 Å². The maximum atomic E-state index is 5.91. The van der Waals surface area contributed by atoms with Gasteiger partial charge in [-0.05, 0) is 32.6 Å². The Morgan fingerprint density at radius 3 is 1.44 bits per heavy atom. The molecule has 4 heteroatoms. The molecule has 1 unspecified atom stereocenters. The molecule has 0 spiro atoms. The molecule has 0 aromatic rings. The molecule has 0 rings (SSSR count). The lowest BCUT2D eigenvalue weighted by atomic mass is 9.91. The van der Waals surface area contributed by atoms with Crippen molar-refractivity contribution in [3.05, 3.63) is 0 Å². The van der Waals surface area contributed by atoms with Crippen LogP contribution in [0.2, 0.25) is 6.04 Å². The van der Waals surface area contributed by atoms with E-state index in [1.165, 1.54) is 12.8 Å². The van der Waals surface area contributed by atoms with Gasteiger partial charge in [-0.15, -0.1) is 0 Å². The topological polar surface area (TPSA) is 27.7 Å². The summed E-state index contributed by atoms with van der Waals surface area (Å²) in [5.41, 5.74) is 0. The van der Waals surface area contributed by atoms with Gasteiger partial charge in [0.15, 0.2) is 0 Å². The minimum absolute atomic E-state index is 0.594. The Balaban J connectivity index is 4.72. The summed E-state index contributed by atoms with van der Waals surface area (Å²) in [7, 11) is -2.45. The van der Waals surface area contributed by atoms with Gasteiger partial charge in [0, 0.05) is 25.9 Å². The highest BCUT2D eigenvalue weighted by atomic mass is 28.4. The first kappa shape index (κ1) is 18.1. The summed E-state index contributed by atoms with van der Waals surface area (Å²) in [4.78, 5) is 0. The minimum atomic E-state index is -2.45. The molecule has 18 heavy (non-hydrogen) atoms. The van der Waals surface area contributed by atoms with Crippen LogP contribution in [0.25, 0.3) is 0 Å². The second-order valence-corrected chi connectivity index (χ2v) is 7.38. The van der Waals surface area contributed by atoms with Crippen LogP contribution in [0.15, 0.2) is 0 Å². The van der Waals surface area contributed by atoms with E-state index in [9.17, 15) is 0 Å². The van der Waals surface area contributed by atoms with Gasteiger partial charge < -0.3 is 13.3 Å². The molecule has 0 bridgehead atoms. The highest BCUT2D eigenvalue weighted by molar-refractivity contribution is 6.60. The number of rotatable bonds is 11. The van der Waals surface area contributed by atoms with Crippen LogP contribution in [0.3, 0.4) is 0 Å². The van der Waals surface area contributed by atoms with Crippen LogP contribution in [0.4, 0.5) is 0 Å². The monoisotopic (exact) mass is 276 g/mol. The van der Waals surface area contributed by atoms with Gasteiger partial charge >= 0.3 is 8.80 Å². The third kappa shape index (κ3) is 5.82. The van der Waals surface area contributed by atoms with Crippen LogP contribution in [-0.2, 0) is 13.3 Å². The Kier molecular flexibility index (Phi) is 10.0. The second kappa shape index (κ2) is 9.95. The smallest absolute Gasteiger partial charge is 0.374 e. The van der Waals surface area contributed by atoms with E-state index in [0.29, 0.717) is 25.7 Å². The van der Waals surface area contributed by atoms with Crippen molar-refractivity contribution >= 4 is 8.80 Å². The zero-order valence-corrected chi connectivity index (χ0v) is 14.1. The van der Waals surface area contributed by atoms with Gasteiger partial charge in [0.1, 0.15) is 0 Å². The van der Waals surface area contributed by atoms with E-state index >= 15 is 0 Å². The zero-order valence-electron chi connectivity index (χ0n) is 13.1. The summed E-state index contributed by atoms with van der Waals surface area (Å²) in [6.07, 6.45) is 2.43. The average molecular weight is 276 g/mol. The van der Waals surface area contributed by atoms with Crippen molar-refractivity contribution in [2.75, 3.05) is 19.8 Å². The maximum absolute atomic E-state index is 5.91. The molecule has 0 fully saturated rings. The summed E-state index contributed by atoms with van der Waals surface area (Å²) >= 11 is 0. The molecule has 0 aliphatic rings. The van der Waals surface area contributed by atoms with E-state index < -0.39 is 8.80 Å². The molecule has 0 saturated carbocycles. The van der Waals surface area contributed by atoms with E-state index in [2.05, 4.69) is 20.8 Å². The van der Waals surface area contributed by atoms with Gasteiger partial charge in [-0.1, -0.05) is 33.6 Å². The molecule has 0 aliphatic heterocycles. The fourth-order valence-electron chi connectivity index (χ4n) is 2.62. The summed E-state index contributed by atoms with van der Waals surface area (Å²) in [6.45, 7) is 14.9. The highest BCUT2D eigenvalue weighted by Crippen LogP contribution is 2.29. The number of hydrogen-bond donors (Lipinski definition) is 0. The second-order valence-electron chi connectivity index (χ2n) is 4.74. The Morgan fingerprint density at radius 2 is 1.17 bits per heavy atom. The van der Waals surface area contributed by atoms with Crippen LogP contribution in [0, 0.1) is 11.8 Å². The summed E-state index contributed by atoms with van der Waals surface area (Å²) in [6, 6.07) is 0.939. The van der Waals surface area contributed by atoms with Gasteiger partial charge in [0.25, 0.3) is 0 Å². The third-order valence-corrected chi connectivity index (χ3v) is 6.85. The van der Waals surface area contributed by atoms with Crippen molar-refractivity contribution < 1.29 is 13.3 Å². The number of hydrogen-bond acceptors (Lipinski definition) is 3. The van der Waals surface area contributed by atoms with Crippen molar-refractivity contribution in [1.82, 2.24) is 0 Å². The summed E-state index contributed by atoms with van der Waals surface area (Å²) < 4.78 is 17.7. The molecule has 0 aromatic heterocycles. The molecule has 1 atom stereocenters. The minimum Gasteiger partial charge on any atom is -0.374 e. The lowest BCUT2D eigenvalue weighted by Gasteiger charge is -2.33. The molecular formula is C14H32O3Si. The Bertz CT molecular complexity index is 178. The molecule has 0 N–H and O–H groups in total. The van der Waals surface area contributed by atoms with Gasteiger partial charge in [-0.3, -0.25) is 0 Å². The van der Waals surface area contributed by atoms with Gasteiger partial charge in [-0.25, -0.2) is 0 Å². The van der Waals surface area contributed by atoms with E-state index in [1.807, 2.05) is 20.8 Å². The Morgan fingerprint density at radius 1 is 0.778 bits per heavy atom. The van der Waals surface area contributed by atoms with E-state index in [1.54, 1.807) is 0 Å². The molecule has 0 aromatic carbocycles. The SMILES string of the molecule is CCO[Si](CC(C)C(CC)CC)(OCC)OCC. The molecule has 0 radical (unpaired) electrons. The van der Waals surface area contributed by atoms with E-state index in [4.69, 9.17) is 13.3 Å². The van der Waals surface area contributed by atoms with Crippen LogP contribution in [0.5, 0.6) is 0 Å². The van der Waals surface area contributed by atoms with Gasteiger partial charge in [-0.2, -0.15) is 0 Å². The first-order valence-electron chi connectivity index (χ1n) is 7.50. The molecule has 0 saturated heterocycles. The third-order valence-electron chi connectivity index (χ3n) is 3.52. The molecular weight excluding hydrogens is 244 g/mol. The quantitative estimate of drug-likeness (QED) is 0.532. The van der Waals surface area contributed by atoms with Crippen molar-refractivity contribution in [2.45, 2.75) is 60.4 Å². The molecule has 0 aliphatic carbocycles. The van der Waals surface area contributed by atoms with E-state index in [0.717, 1.165) is 12.0 Å². The van der Waals surface area contributed by atoms with Crippen molar-refractivity contribution in [3.63, 3.8) is 0 Å². The molecule has 3 nitrogen and oxygen atoms in total. The predicted octanol–water partition coefficient (Wildman–Crippen LogP) is 4.11. The van der Waals surface area contributed by atoms with Crippen LogP contribution >= 0.6 is 0 Å². The van der Waals surface area contributed by atoms with Crippen LogP contribution in [0.1, 0.15) is 54.4 Å². The standard InChI is InChI=1S/C14H32O3Si/c1-7-14(8-2)13(6)12-18(15-9-3,16-10-4)17-11-5/h13-14H,7-12H2,1-6H3. The predicted molar refractivity (Wildman–Crippen MR) is 78.7 cm³/mol. The Hall–Kier alpha value is 0.0969. The van der Waals surface area contributed by atoms with Crippen LogP contribution in [-0.4, -0.2) is 28.6 Å². The van der Waals surface area contributed by atoms with Crippen molar-refractivity contribution in [2.24, 2.45) is 11.8 Å². The summed E-state index contributed by atoms with van der Waals surface area (Å²) in [5, 5.41) is 0. The van der Waals surface area contributed by atoms with Crippen LogP contribution < -0.4 is 0 Å². The van der Waals surface area contributed by atoms with Gasteiger partial charge in [0.2, 0.25) is 0 Å². The first-order valence-corrected chi connectivity index (χ1v) is 9.43. The average Bonchev–Trinajstić information content (AvgIpc) is 2.31.